The molecule has 1 rings (SSSR count). The monoisotopic (exact) mass is 256 g/mol. The van der Waals surface area contributed by atoms with E-state index in [0.29, 0.717) is 32.5 Å². The van der Waals surface area contributed by atoms with Crippen LogP contribution in [0.3, 0.4) is 0 Å². The van der Waals surface area contributed by atoms with E-state index < -0.39 is 5.54 Å². The Morgan fingerprint density at radius 2 is 1.94 bits per heavy atom. The van der Waals surface area contributed by atoms with E-state index in [9.17, 15) is 0 Å². The van der Waals surface area contributed by atoms with Crippen LogP contribution in [0.4, 0.5) is 0 Å². The second kappa shape index (κ2) is 8.44. The summed E-state index contributed by atoms with van der Waals surface area (Å²) >= 11 is 0. The maximum absolute atomic E-state index is 9.12. The van der Waals surface area contributed by atoms with Crippen LogP contribution >= 0.6 is 0 Å². The summed E-state index contributed by atoms with van der Waals surface area (Å²) in [5, 5.41) is 12.4. The van der Waals surface area contributed by atoms with Crippen molar-refractivity contribution in [3.63, 3.8) is 0 Å². The van der Waals surface area contributed by atoms with Gasteiger partial charge >= 0.3 is 0 Å². The van der Waals surface area contributed by atoms with Crippen molar-refractivity contribution < 1.29 is 14.2 Å². The van der Waals surface area contributed by atoms with Gasteiger partial charge in [-0.3, -0.25) is 5.32 Å². The Kier molecular flexibility index (Phi) is 7.21. The molecule has 5 heteroatoms. The highest BCUT2D eigenvalue weighted by Gasteiger charge is 2.32. The molecule has 0 spiro atoms. The molecule has 1 atom stereocenters. The summed E-state index contributed by atoms with van der Waals surface area (Å²) in [4.78, 5) is 0. The SMILES string of the molecule is COCCCOCCOCC(C)(C#N)NC1CC1. The second-order valence-electron chi connectivity index (χ2n) is 4.87. The Bertz CT molecular complexity index is 263. The number of nitriles is 1. The van der Waals surface area contributed by atoms with Gasteiger partial charge in [0.2, 0.25) is 0 Å². The largest absolute Gasteiger partial charge is 0.385 e. The number of methoxy groups -OCH3 is 1. The van der Waals surface area contributed by atoms with Crippen molar-refractivity contribution in [3.8, 4) is 6.07 Å². The lowest BCUT2D eigenvalue weighted by Gasteiger charge is -2.22. The molecule has 1 aliphatic carbocycles. The van der Waals surface area contributed by atoms with Gasteiger partial charge in [-0.1, -0.05) is 0 Å². The Morgan fingerprint density at radius 1 is 1.22 bits per heavy atom. The van der Waals surface area contributed by atoms with Crippen LogP contribution in [0.15, 0.2) is 0 Å². The number of hydrogen-bond acceptors (Lipinski definition) is 5. The van der Waals surface area contributed by atoms with Gasteiger partial charge in [0.25, 0.3) is 0 Å². The van der Waals surface area contributed by atoms with Gasteiger partial charge in [-0.15, -0.1) is 0 Å². The third-order valence-electron chi connectivity index (χ3n) is 2.75. The summed E-state index contributed by atoms with van der Waals surface area (Å²) in [7, 11) is 1.68. The quantitative estimate of drug-likeness (QED) is 0.561. The topological polar surface area (TPSA) is 63.5 Å². The van der Waals surface area contributed by atoms with Crippen LogP contribution in [-0.4, -0.2) is 51.7 Å². The summed E-state index contributed by atoms with van der Waals surface area (Å²) < 4.78 is 15.8. The van der Waals surface area contributed by atoms with Crippen LogP contribution in [0.5, 0.6) is 0 Å². The number of hydrogen-bond donors (Lipinski definition) is 1. The first-order valence-electron chi connectivity index (χ1n) is 6.53. The van der Waals surface area contributed by atoms with E-state index in [1.54, 1.807) is 7.11 Å². The second-order valence-corrected chi connectivity index (χ2v) is 4.87. The Labute approximate surface area is 109 Å². The van der Waals surface area contributed by atoms with E-state index in [1.165, 1.54) is 12.8 Å². The summed E-state index contributed by atoms with van der Waals surface area (Å²) in [6.45, 7) is 4.78. The van der Waals surface area contributed by atoms with Gasteiger partial charge in [-0.05, 0) is 26.2 Å². The lowest BCUT2D eigenvalue weighted by Crippen LogP contribution is -2.46. The molecule has 0 radical (unpaired) electrons. The predicted octanol–water partition coefficient (Wildman–Crippen LogP) is 1.09. The maximum atomic E-state index is 9.12. The van der Waals surface area contributed by atoms with Crippen LogP contribution in [0.25, 0.3) is 0 Å². The molecule has 104 valence electrons. The molecule has 1 N–H and O–H groups in total. The van der Waals surface area contributed by atoms with Crippen molar-refractivity contribution >= 4 is 0 Å². The van der Waals surface area contributed by atoms with Gasteiger partial charge in [-0.25, -0.2) is 0 Å². The van der Waals surface area contributed by atoms with Gasteiger partial charge in [0.1, 0.15) is 5.54 Å². The van der Waals surface area contributed by atoms with Gasteiger partial charge in [0.05, 0.1) is 25.9 Å². The van der Waals surface area contributed by atoms with Gasteiger partial charge in [0, 0.05) is 26.4 Å². The highest BCUT2D eigenvalue weighted by atomic mass is 16.5. The van der Waals surface area contributed by atoms with Gasteiger partial charge in [-0.2, -0.15) is 5.26 Å². The Morgan fingerprint density at radius 3 is 2.56 bits per heavy atom. The van der Waals surface area contributed by atoms with Crippen LogP contribution in [0.1, 0.15) is 26.2 Å². The van der Waals surface area contributed by atoms with E-state index in [-0.39, 0.29) is 0 Å². The number of nitrogens with one attached hydrogen (secondary N) is 1. The fourth-order valence-corrected chi connectivity index (χ4v) is 1.59. The van der Waals surface area contributed by atoms with Crippen LogP contribution < -0.4 is 5.32 Å². The molecule has 5 nitrogen and oxygen atoms in total. The summed E-state index contributed by atoms with van der Waals surface area (Å²) in [6.07, 6.45) is 3.23. The number of ether oxygens (including phenoxy) is 3. The molecule has 1 unspecified atom stereocenters. The zero-order valence-electron chi connectivity index (χ0n) is 11.4. The normalized spacial score (nSPS) is 18.3. The molecule has 1 fully saturated rings. The fourth-order valence-electron chi connectivity index (χ4n) is 1.59. The minimum absolute atomic E-state index is 0.404. The van der Waals surface area contributed by atoms with E-state index >= 15 is 0 Å². The molecule has 0 heterocycles. The molecule has 0 saturated heterocycles. The molecule has 0 aromatic heterocycles. The first-order chi connectivity index (χ1) is 8.70. The molecule has 1 saturated carbocycles. The average molecular weight is 256 g/mol. The Balaban J connectivity index is 1.96. The van der Waals surface area contributed by atoms with Crippen molar-refractivity contribution in [2.24, 2.45) is 0 Å². The molecule has 0 aromatic rings. The molecular formula is C13H24N2O3. The van der Waals surface area contributed by atoms with E-state index in [0.717, 1.165) is 13.0 Å². The lowest BCUT2D eigenvalue weighted by atomic mass is 10.1. The molecule has 0 aliphatic heterocycles. The maximum Gasteiger partial charge on any atom is 0.127 e. The zero-order chi connectivity index (χ0) is 13.3. The van der Waals surface area contributed by atoms with Gasteiger partial charge < -0.3 is 14.2 Å². The third kappa shape index (κ3) is 6.92. The molecular weight excluding hydrogens is 232 g/mol. The molecule has 18 heavy (non-hydrogen) atoms. The zero-order valence-corrected chi connectivity index (χ0v) is 11.4. The van der Waals surface area contributed by atoms with Crippen molar-refractivity contribution in [1.29, 1.82) is 5.26 Å². The van der Waals surface area contributed by atoms with Crippen LogP contribution in [0.2, 0.25) is 0 Å². The molecule has 1 aliphatic rings. The van der Waals surface area contributed by atoms with Crippen molar-refractivity contribution in [1.82, 2.24) is 5.32 Å². The van der Waals surface area contributed by atoms with Crippen molar-refractivity contribution in [2.75, 3.05) is 40.1 Å². The highest BCUT2D eigenvalue weighted by Crippen LogP contribution is 2.22. The molecule has 0 aromatic carbocycles. The smallest absolute Gasteiger partial charge is 0.127 e. The summed E-state index contributed by atoms with van der Waals surface area (Å²) in [6, 6.07) is 2.78. The van der Waals surface area contributed by atoms with Crippen molar-refractivity contribution in [2.45, 2.75) is 37.8 Å². The highest BCUT2D eigenvalue weighted by molar-refractivity contribution is 5.07. The first-order valence-corrected chi connectivity index (χ1v) is 6.53. The van der Waals surface area contributed by atoms with E-state index in [2.05, 4.69) is 11.4 Å². The van der Waals surface area contributed by atoms with E-state index in [1.807, 2.05) is 6.92 Å². The van der Waals surface area contributed by atoms with Gasteiger partial charge in [0.15, 0.2) is 0 Å². The first kappa shape index (κ1) is 15.4. The average Bonchev–Trinajstić information content (AvgIpc) is 3.16. The molecule has 0 bridgehead atoms. The van der Waals surface area contributed by atoms with E-state index in [4.69, 9.17) is 19.5 Å². The number of nitrogens with zero attached hydrogens (tertiary/aromatic N) is 1. The predicted molar refractivity (Wildman–Crippen MR) is 68.3 cm³/mol. The summed E-state index contributed by atoms with van der Waals surface area (Å²) in [5.74, 6) is 0. The third-order valence-corrected chi connectivity index (χ3v) is 2.75. The van der Waals surface area contributed by atoms with Crippen molar-refractivity contribution in [3.05, 3.63) is 0 Å². The minimum Gasteiger partial charge on any atom is -0.385 e. The fraction of sp³-hybridized carbons (Fsp3) is 0.923. The molecule has 0 amide bonds. The van der Waals surface area contributed by atoms with Crippen LogP contribution in [-0.2, 0) is 14.2 Å². The standard InChI is InChI=1S/C13H24N2O3/c1-13(10-14,15-12-4-5-12)11-18-9-8-17-7-3-6-16-2/h12,15H,3-9,11H2,1-2H3. The van der Waals surface area contributed by atoms with Crippen LogP contribution in [0, 0.1) is 11.3 Å². The Hall–Kier alpha value is -0.670. The minimum atomic E-state index is -0.572. The summed E-state index contributed by atoms with van der Waals surface area (Å²) in [5.41, 5.74) is -0.572. The lowest BCUT2D eigenvalue weighted by molar-refractivity contribution is 0.0263. The number of rotatable bonds is 11.